The smallest absolute Gasteiger partial charge is 0.309 e. The summed E-state index contributed by atoms with van der Waals surface area (Å²) in [5.41, 5.74) is 5.92. The van der Waals surface area contributed by atoms with Crippen LogP contribution < -0.4 is 5.73 Å². The molecule has 3 aliphatic rings. The van der Waals surface area contributed by atoms with E-state index in [9.17, 15) is 4.79 Å². The van der Waals surface area contributed by atoms with Gasteiger partial charge in [0.1, 0.15) is 0 Å². The summed E-state index contributed by atoms with van der Waals surface area (Å²) >= 11 is 0. The van der Waals surface area contributed by atoms with Gasteiger partial charge in [-0.1, -0.05) is 0 Å². The number of carbonyl (C=O) groups is 1. The summed E-state index contributed by atoms with van der Waals surface area (Å²) in [7, 11) is 1.45. The number of methoxy groups -OCH3 is 1. The summed E-state index contributed by atoms with van der Waals surface area (Å²) in [6.07, 6.45) is 2.10. The van der Waals surface area contributed by atoms with Gasteiger partial charge in [0, 0.05) is 5.54 Å². The van der Waals surface area contributed by atoms with Gasteiger partial charge in [0.2, 0.25) is 0 Å². The van der Waals surface area contributed by atoms with Gasteiger partial charge in [-0.15, -0.1) is 0 Å². The molecular weight excluding hydrogens is 154 g/mol. The Morgan fingerprint density at radius 3 is 2.67 bits per heavy atom. The van der Waals surface area contributed by atoms with Crippen molar-refractivity contribution in [2.24, 2.45) is 23.5 Å². The zero-order valence-corrected chi connectivity index (χ0v) is 7.54. The number of hydrogen-bond donors (Lipinski definition) is 1. The zero-order valence-electron chi connectivity index (χ0n) is 7.54. The second-order valence-corrected chi connectivity index (χ2v) is 4.36. The van der Waals surface area contributed by atoms with Crippen LogP contribution in [0.1, 0.15) is 19.8 Å². The van der Waals surface area contributed by atoms with Crippen LogP contribution in [0.25, 0.3) is 0 Å². The van der Waals surface area contributed by atoms with Crippen LogP contribution in [0.4, 0.5) is 0 Å². The maximum absolute atomic E-state index is 11.3. The third-order valence-corrected chi connectivity index (χ3v) is 3.52. The lowest BCUT2D eigenvalue weighted by Gasteiger charge is -2.36. The van der Waals surface area contributed by atoms with Gasteiger partial charge < -0.3 is 10.5 Å². The molecular formula is C9H15NO2. The summed E-state index contributed by atoms with van der Waals surface area (Å²) < 4.78 is 4.73. The Kier molecular flexibility index (Phi) is 1.49. The number of nitrogens with two attached hydrogens (primary N) is 1. The van der Waals surface area contributed by atoms with E-state index in [2.05, 4.69) is 0 Å². The van der Waals surface area contributed by atoms with E-state index in [1.807, 2.05) is 6.92 Å². The van der Waals surface area contributed by atoms with Crippen molar-refractivity contribution < 1.29 is 9.53 Å². The van der Waals surface area contributed by atoms with E-state index < -0.39 is 0 Å². The number of carbonyl (C=O) groups excluding carboxylic acids is 1. The Morgan fingerprint density at radius 2 is 2.33 bits per heavy atom. The van der Waals surface area contributed by atoms with Gasteiger partial charge in [0.05, 0.1) is 13.0 Å². The number of ether oxygens (including phenoxy) is 1. The summed E-state index contributed by atoms with van der Waals surface area (Å²) in [6, 6.07) is 0. The van der Waals surface area contributed by atoms with Crippen molar-refractivity contribution in [3.05, 3.63) is 0 Å². The lowest BCUT2D eigenvalue weighted by Crippen LogP contribution is -2.45. The predicted octanol–water partition coefficient (Wildman–Crippen LogP) is 0.533. The molecule has 3 aliphatic carbocycles. The first-order valence-electron chi connectivity index (χ1n) is 4.43. The maximum Gasteiger partial charge on any atom is 0.309 e. The highest BCUT2D eigenvalue weighted by Gasteiger charge is 2.60. The van der Waals surface area contributed by atoms with Crippen molar-refractivity contribution >= 4 is 5.97 Å². The summed E-state index contributed by atoms with van der Waals surface area (Å²) in [4.78, 5) is 11.3. The van der Waals surface area contributed by atoms with Crippen LogP contribution in [0, 0.1) is 17.8 Å². The molecule has 0 radical (unpaired) electrons. The minimum absolute atomic E-state index is 0.0644. The Morgan fingerprint density at radius 1 is 1.67 bits per heavy atom. The van der Waals surface area contributed by atoms with Gasteiger partial charge >= 0.3 is 5.97 Å². The molecule has 0 saturated heterocycles. The fraction of sp³-hybridized carbons (Fsp3) is 0.889. The maximum atomic E-state index is 11.3. The second kappa shape index (κ2) is 2.22. The van der Waals surface area contributed by atoms with E-state index in [4.69, 9.17) is 10.5 Å². The van der Waals surface area contributed by atoms with E-state index >= 15 is 0 Å². The molecule has 0 aromatic heterocycles. The van der Waals surface area contributed by atoms with Crippen molar-refractivity contribution in [1.82, 2.24) is 0 Å². The van der Waals surface area contributed by atoms with Crippen molar-refractivity contribution in [1.29, 1.82) is 0 Å². The van der Waals surface area contributed by atoms with E-state index in [1.54, 1.807) is 0 Å². The molecule has 0 spiro atoms. The van der Waals surface area contributed by atoms with Gasteiger partial charge in [0.15, 0.2) is 0 Å². The van der Waals surface area contributed by atoms with E-state index in [1.165, 1.54) is 7.11 Å². The van der Waals surface area contributed by atoms with Crippen LogP contribution in [-0.4, -0.2) is 18.6 Å². The van der Waals surface area contributed by atoms with Crippen LogP contribution in [0.5, 0.6) is 0 Å². The molecule has 68 valence electrons. The molecule has 0 amide bonds. The van der Waals surface area contributed by atoms with Gasteiger partial charge in [0.25, 0.3) is 0 Å². The molecule has 0 heterocycles. The van der Waals surface area contributed by atoms with Crippen LogP contribution in [-0.2, 0) is 9.53 Å². The highest BCUT2D eigenvalue weighted by Crippen LogP contribution is 2.58. The quantitative estimate of drug-likeness (QED) is 0.583. The third kappa shape index (κ3) is 0.829. The fourth-order valence-electron chi connectivity index (χ4n) is 2.85. The Hall–Kier alpha value is -0.570. The summed E-state index contributed by atoms with van der Waals surface area (Å²) in [5.74, 6) is 0.905. The average molecular weight is 169 g/mol. The van der Waals surface area contributed by atoms with Gasteiger partial charge in [-0.25, -0.2) is 0 Å². The monoisotopic (exact) mass is 169 g/mol. The summed E-state index contributed by atoms with van der Waals surface area (Å²) in [5, 5.41) is 0. The Labute approximate surface area is 72.3 Å². The highest BCUT2D eigenvalue weighted by atomic mass is 16.5. The molecule has 3 heteroatoms. The van der Waals surface area contributed by atoms with Crippen molar-refractivity contribution in [2.45, 2.75) is 25.3 Å². The van der Waals surface area contributed by atoms with Gasteiger partial charge in [-0.2, -0.15) is 0 Å². The fourth-order valence-corrected chi connectivity index (χ4v) is 2.85. The lowest BCUT2D eigenvalue weighted by atomic mass is 9.70. The third-order valence-electron chi connectivity index (χ3n) is 3.52. The van der Waals surface area contributed by atoms with Crippen LogP contribution in [0.3, 0.4) is 0 Å². The van der Waals surface area contributed by atoms with Crippen LogP contribution in [0.2, 0.25) is 0 Å². The molecule has 0 aromatic carbocycles. The Bertz CT molecular complexity index is 225. The molecule has 3 nitrogen and oxygen atoms in total. The van der Waals surface area contributed by atoms with Gasteiger partial charge in [-0.3, -0.25) is 4.79 Å². The lowest BCUT2D eigenvalue weighted by molar-refractivity contribution is -0.153. The molecule has 3 rings (SSSR count). The van der Waals surface area contributed by atoms with Crippen molar-refractivity contribution in [2.75, 3.05) is 7.11 Å². The molecule has 3 saturated carbocycles. The number of hydrogen-bond acceptors (Lipinski definition) is 3. The van der Waals surface area contributed by atoms with E-state index in [0.717, 1.165) is 12.8 Å². The first-order chi connectivity index (χ1) is 5.56. The molecule has 0 aliphatic heterocycles. The van der Waals surface area contributed by atoms with Crippen LogP contribution >= 0.6 is 0 Å². The largest absolute Gasteiger partial charge is 0.469 e. The van der Waals surface area contributed by atoms with Crippen molar-refractivity contribution in [3.8, 4) is 0 Å². The molecule has 12 heavy (non-hydrogen) atoms. The average Bonchev–Trinajstić information content (AvgIpc) is 2.37. The standard InChI is InChI=1S/C9H15NO2/c1-9(10)4-5-3-6(9)7(5)8(11)12-2/h5-7H,3-4,10H2,1-2H3. The minimum Gasteiger partial charge on any atom is -0.469 e. The predicted molar refractivity (Wildman–Crippen MR) is 44.3 cm³/mol. The first-order valence-corrected chi connectivity index (χ1v) is 4.43. The van der Waals surface area contributed by atoms with Gasteiger partial charge in [-0.05, 0) is 31.6 Å². The number of rotatable bonds is 1. The normalized spacial score (nSPS) is 50.1. The topological polar surface area (TPSA) is 52.3 Å². The second-order valence-electron chi connectivity index (χ2n) is 4.36. The number of fused-ring (bicyclic) bond motifs is 1. The summed E-state index contributed by atoms with van der Waals surface area (Å²) in [6.45, 7) is 2.04. The Balaban J connectivity index is 2.12. The molecule has 0 aromatic rings. The van der Waals surface area contributed by atoms with Crippen molar-refractivity contribution in [3.63, 3.8) is 0 Å². The zero-order chi connectivity index (χ0) is 8.93. The molecule has 4 atom stereocenters. The van der Waals surface area contributed by atoms with E-state index in [-0.39, 0.29) is 17.4 Å². The first kappa shape index (κ1) is 8.05. The highest BCUT2D eigenvalue weighted by molar-refractivity contribution is 5.75. The SMILES string of the molecule is COC(=O)C1C2CC1C(C)(N)C2. The molecule has 3 fully saturated rings. The van der Waals surface area contributed by atoms with E-state index in [0.29, 0.717) is 11.8 Å². The molecule has 2 N–H and O–H groups in total. The molecule has 4 unspecified atom stereocenters. The minimum atomic E-state index is -0.122. The van der Waals surface area contributed by atoms with Crippen LogP contribution in [0.15, 0.2) is 0 Å². The molecule has 2 bridgehead atoms. The number of esters is 1.